The van der Waals surface area contributed by atoms with Gasteiger partial charge >= 0.3 is 19.3 Å². The van der Waals surface area contributed by atoms with E-state index in [1.807, 2.05) is 0 Å². The molecule has 0 aliphatic heterocycles. The SMILES string of the molecule is CCOC(=O)c1ccc(OC(=O)P(=O)(OC)OC)cc1. The Morgan fingerprint density at radius 3 is 2.10 bits per heavy atom. The van der Waals surface area contributed by atoms with Crippen molar-refractivity contribution in [1.82, 2.24) is 0 Å². The van der Waals surface area contributed by atoms with Gasteiger partial charge in [-0.1, -0.05) is 0 Å². The summed E-state index contributed by atoms with van der Waals surface area (Å²) in [5, 5.41) is 0. The van der Waals surface area contributed by atoms with Crippen LogP contribution in [0.5, 0.6) is 5.75 Å². The van der Waals surface area contributed by atoms with E-state index in [9.17, 15) is 14.2 Å². The van der Waals surface area contributed by atoms with Gasteiger partial charge in [0.15, 0.2) is 0 Å². The topological polar surface area (TPSA) is 88.1 Å². The monoisotopic (exact) mass is 302 g/mol. The summed E-state index contributed by atoms with van der Waals surface area (Å²) in [5.74, 6) is -0.373. The molecule has 0 bridgehead atoms. The lowest BCUT2D eigenvalue weighted by Crippen LogP contribution is -2.09. The number of rotatable bonds is 6. The van der Waals surface area contributed by atoms with Crippen LogP contribution in [0.1, 0.15) is 17.3 Å². The van der Waals surface area contributed by atoms with Crippen LogP contribution in [0.3, 0.4) is 0 Å². The molecule has 0 saturated carbocycles. The summed E-state index contributed by atoms with van der Waals surface area (Å²) >= 11 is 0. The molecule has 20 heavy (non-hydrogen) atoms. The minimum atomic E-state index is -3.93. The number of ether oxygens (including phenoxy) is 2. The molecule has 0 N–H and O–H groups in total. The van der Waals surface area contributed by atoms with Crippen molar-refractivity contribution in [3.63, 3.8) is 0 Å². The third-order valence-corrected chi connectivity index (χ3v) is 3.77. The van der Waals surface area contributed by atoms with Crippen LogP contribution in [0.2, 0.25) is 0 Å². The Bertz CT molecular complexity index is 515. The molecule has 0 atom stereocenters. The number of carbonyl (C=O) groups is 2. The molecule has 0 aromatic heterocycles. The lowest BCUT2D eigenvalue weighted by molar-refractivity contribution is 0.0526. The highest BCUT2D eigenvalue weighted by Crippen LogP contribution is 2.48. The zero-order chi connectivity index (χ0) is 15.2. The van der Waals surface area contributed by atoms with Crippen LogP contribution in [-0.4, -0.2) is 32.5 Å². The van der Waals surface area contributed by atoms with Crippen LogP contribution in [0, 0.1) is 0 Å². The first-order chi connectivity index (χ1) is 9.46. The van der Waals surface area contributed by atoms with Crippen LogP contribution in [0.4, 0.5) is 4.79 Å². The van der Waals surface area contributed by atoms with Crippen molar-refractivity contribution in [1.29, 1.82) is 0 Å². The third-order valence-electron chi connectivity index (χ3n) is 2.27. The van der Waals surface area contributed by atoms with Gasteiger partial charge in [0.05, 0.1) is 12.2 Å². The molecule has 0 radical (unpaired) electrons. The van der Waals surface area contributed by atoms with Crippen molar-refractivity contribution in [2.75, 3.05) is 20.8 Å². The quantitative estimate of drug-likeness (QED) is 0.589. The number of carbonyl (C=O) groups excluding carboxylic acids is 2. The lowest BCUT2D eigenvalue weighted by Gasteiger charge is -2.12. The Morgan fingerprint density at radius 2 is 1.65 bits per heavy atom. The van der Waals surface area contributed by atoms with Crippen LogP contribution >= 0.6 is 7.60 Å². The Labute approximate surface area is 116 Å². The van der Waals surface area contributed by atoms with E-state index in [0.717, 1.165) is 14.2 Å². The molecule has 0 spiro atoms. The lowest BCUT2D eigenvalue weighted by atomic mass is 10.2. The average molecular weight is 302 g/mol. The maximum atomic E-state index is 11.7. The maximum absolute atomic E-state index is 11.7. The van der Waals surface area contributed by atoms with Gasteiger partial charge in [0, 0.05) is 14.2 Å². The van der Waals surface area contributed by atoms with Gasteiger partial charge in [-0.15, -0.1) is 0 Å². The Balaban J connectivity index is 2.78. The second-order valence-electron chi connectivity index (χ2n) is 3.48. The first-order valence-corrected chi connectivity index (χ1v) is 7.22. The summed E-state index contributed by atoms with van der Waals surface area (Å²) < 4.78 is 30.4. The summed E-state index contributed by atoms with van der Waals surface area (Å²) in [7, 11) is -1.77. The standard InChI is InChI=1S/C12H15O7P/c1-4-18-11(13)9-5-7-10(8-6-9)19-12(14)20(15,16-2)17-3/h5-8H,4H2,1-3H3. The van der Waals surface area contributed by atoms with E-state index in [1.165, 1.54) is 24.3 Å². The van der Waals surface area contributed by atoms with Gasteiger partial charge in [-0.05, 0) is 31.2 Å². The van der Waals surface area contributed by atoms with E-state index in [2.05, 4.69) is 9.05 Å². The molecule has 0 aliphatic carbocycles. The largest absolute Gasteiger partial charge is 0.462 e. The van der Waals surface area contributed by atoms with Crippen LogP contribution in [-0.2, 0) is 18.3 Å². The number of hydrogen-bond acceptors (Lipinski definition) is 7. The van der Waals surface area contributed by atoms with Crippen LogP contribution < -0.4 is 4.74 Å². The van der Waals surface area contributed by atoms with Crippen molar-refractivity contribution in [3.8, 4) is 5.75 Å². The Morgan fingerprint density at radius 1 is 1.10 bits per heavy atom. The number of hydrogen-bond donors (Lipinski definition) is 0. The van der Waals surface area contributed by atoms with Gasteiger partial charge in [-0.2, -0.15) is 0 Å². The summed E-state index contributed by atoms with van der Waals surface area (Å²) in [6.07, 6.45) is 0. The minimum absolute atomic E-state index is 0.109. The van der Waals surface area contributed by atoms with Gasteiger partial charge < -0.3 is 18.5 Å². The van der Waals surface area contributed by atoms with Crippen molar-refractivity contribution in [2.24, 2.45) is 0 Å². The van der Waals surface area contributed by atoms with Crippen molar-refractivity contribution in [2.45, 2.75) is 6.92 Å². The molecule has 0 fully saturated rings. The van der Waals surface area contributed by atoms with E-state index in [-0.39, 0.29) is 12.4 Å². The van der Waals surface area contributed by atoms with E-state index in [1.54, 1.807) is 6.92 Å². The Kier molecular flexibility index (Phi) is 5.88. The molecule has 1 aromatic carbocycles. The fourth-order valence-electron chi connectivity index (χ4n) is 1.25. The predicted octanol–water partition coefficient (Wildman–Crippen LogP) is 2.85. The molecule has 0 saturated heterocycles. The summed E-state index contributed by atoms with van der Waals surface area (Å²) in [6.45, 7) is 1.96. The maximum Gasteiger partial charge on any atom is 0.438 e. The highest BCUT2D eigenvalue weighted by molar-refractivity contribution is 7.71. The van der Waals surface area contributed by atoms with E-state index < -0.39 is 19.3 Å². The summed E-state index contributed by atoms with van der Waals surface area (Å²) in [4.78, 5) is 23.0. The van der Waals surface area contributed by atoms with Crippen molar-refractivity contribution >= 4 is 19.3 Å². The third kappa shape index (κ3) is 3.90. The van der Waals surface area contributed by atoms with Crippen LogP contribution in [0.25, 0.3) is 0 Å². The fraction of sp³-hybridized carbons (Fsp3) is 0.333. The Hall–Kier alpha value is -1.69. The highest BCUT2D eigenvalue weighted by Gasteiger charge is 2.35. The van der Waals surface area contributed by atoms with E-state index in [0.29, 0.717) is 5.56 Å². The van der Waals surface area contributed by atoms with Gasteiger partial charge in [-0.3, -0.25) is 0 Å². The second-order valence-corrected chi connectivity index (χ2v) is 5.57. The first kappa shape index (κ1) is 16.4. The molecule has 8 heteroatoms. The van der Waals surface area contributed by atoms with Gasteiger partial charge in [0.1, 0.15) is 5.75 Å². The molecule has 0 amide bonds. The molecule has 1 aromatic rings. The molecule has 110 valence electrons. The van der Waals surface area contributed by atoms with Gasteiger partial charge in [0.25, 0.3) is 0 Å². The van der Waals surface area contributed by atoms with Crippen molar-refractivity contribution < 1.29 is 32.7 Å². The molecular formula is C12H15O7P. The summed E-state index contributed by atoms with van der Waals surface area (Å²) in [5.41, 5.74) is -0.820. The van der Waals surface area contributed by atoms with Gasteiger partial charge in [0.2, 0.25) is 0 Å². The van der Waals surface area contributed by atoms with Gasteiger partial charge in [-0.25, -0.2) is 14.2 Å². The molecule has 1 rings (SSSR count). The molecule has 0 aliphatic rings. The zero-order valence-electron chi connectivity index (χ0n) is 11.3. The average Bonchev–Trinajstić information content (AvgIpc) is 2.47. The number of benzene rings is 1. The second kappa shape index (κ2) is 7.19. The van der Waals surface area contributed by atoms with Crippen molar-refractivity contribution in [3.05, 3.63) is 29.8 Å². The highest BCUT2D eigenvalue weighted by atomic mass is 31.2. The summed E-state index contributed by atoms with van der Waals surface area (Å²) in [6, 6.07) is 5.59. The van der Waals surface area contributed by atoms with E-state index >= 15 is 0 Å². The number of esters is 1. The zero-order valence-corrected chi connectivity index (χ0v) is 12.2. The smallest absolute Gasteiger partial charge is 0.438 e. The minimum Gasteiger partial charge on any atom is -0.462 e. The first-order valence-electron chi connectivity index (χ1n) is 5.68. The normalized spacial score (nSPS) is 10.9. The predicted molar refractivity (Wildman–Crippen MR) is 70.0 cm³/mol. The molecular weight excluding hydrogens is 287 g/mol. The van der Waals surface area contributed by atoms with E-state index in [4.69, 9.17) is 9.47 Å². The molecule has 7 nitrogen and oxygen atoms in total. The van der Waals surface area contributed by atoms with Crippen LogP contribution in [0.15, 0.2) is 24.3 Å². The fourth-order valence-corrected chi connectivity index (χ4v) is 1.92. The molecule has 0 unspecified atom stereocenters. The molecule has 0 heterocycles.